The number of rotatable bonds is 14. The van der Waals surface area contributed by atoms with Crippen molar-refractivity contribution in [2.45, 2.75) is 53.4 Å². The summed E-state index contributed by atoms with van der Waals surface area (Å²) in [6.07, 6.45) is 7.19. The van der Waals surface area contributed by atoms with E-state index in [0.717, 1.165) is 18.6 Å². The number of ether oxygens (including phenoxy) is 3. The van der Waals surface area contributed by atoms with Gasteiger partial charge in [0, 0.05) is 12.1 Å². The lowest BCUT2D eigenvalue weighted by Gasteiger charge is -2.12. The number of amides is 1. The van der Waals surface area contributed by atoms with E-state index in [9.17, 15) is 9.59 Å². The molecule has 6 heteroatoms. The van der Waals surface area contributed by atoms with Crippen LogP contribution in [-0.4, -0.2) is 31.7 Å². The summed E-state index contributed by atoms with van der Waals surface area (Å²) >= 11 is 0. The van der Waals surface area contributed by atoms with Gasteiger partial charge in [-0.1, -0.05) is 29.4 Å². The van der Waals surface area contributed by atoms with Crippen LogP contribution in [0.25, 0.3) is 0 Å². The molecule has 0 aliphatic carbocycles. The molecule has 0 bridgehead atoms. The molecule has 0 saturated carbocycles. The molecule has 1 N–H and O–H groups in total. The molecule has 2 rings (SSSR count). The van der Waals surface area contributed by atoms with Crippen LogP contribution in [0.2, 0.25) is 0 Å². The Balaban J connectivity index is 1.84. The standard InChI is InChI=1S/C29H37NO5/c1-5-33-28(31)14-9-20-35-27-13-7-6-12-26(27)29(32)30-24-15-17-25(18-16-24)34-21-19-23(4)11-8-10-22(2)3/h6-7,10,12-13,15-19H,5,8-9,11,14,20-21H2,1-4H3,(H,30,32). The topological polar surface area (TPSA) is 73.9 Å². The smallest absolute Gasteiger partial charge is 0.305 e. The van der Waals surface area contributed by atoms with Gasteiger partial charge in [-0.05, 0) is 89.4 Å². The van der Waals surface area contributed by atoms with Gasteiger partial charge in [-0.15, -0.1) is 0 Å². The molecule has 1 amide bonds. The summed E-state index contributed by atoms with van der Waals surface area (Å²) in [5, 5.41) is 2.89. The minimum atomic E-state index is -0.269. The summed E-state index contributed by atoms with van der Waals surface area (Å²) in [5.41, 5.74) is 3.72. The van der Waals surface area contributed by atoms with Gasteiger partial charge in [0.05, 0.1) is 18.8 Å². The van der Waals surface area contributed by atoms with E-state index >= 15 is 0 Å². The van der Waals surface area contributed by atoms with Crippen LogP contribution in [0.3, 0.4) is 0 Å². The highest BCUT2D eigenvalue weighted by Gasteiger charge is 2.13. The molecular formula is C29H37NO5. The molecule has 2 aromatic rings. The first-order chi connectivity index (χ1) is 16.9. The molecule has 0 saturated heterocycles. The Morgan fingerprint density at radius 1 is 0.914 bits per heavy atom. The summed E-state index contributed by atoms with van der Waals surface area (Å²) < 4.78 is 16.5. The highest BCUT2D eigenvalue weighted by Crippen LogP contribution is 2.22. The maximum Gasteiger partial charge on any atom is 0.305 e. The fourth-order valence-electron chi connectivity index (χ4n) is 3.22. The van der Waals surface area contributed by atoms with Crippen LogP contribution in [0.1, 0.15) is 63.7 Å². The van der Waals surface area contributed by atoms with Crippen molar-refractivity contribution in [2.75, 3.05) is 25.1 Å². The van der Waals surface area contributed by atoms with Crippen LogP contribution < -0.4 is 14.8 Å². The number of para-hydroxylation sites is 1. The second-order valence-corrected chi connectivity index (χ2v) is 8.41. The molecule has 0 unspecified atom stereocenters. The molecule has 0 atom stereocenters. The Morgan fingerprint density at radius 3 is 2.37 bits per heavy atom. The zero-order valence-electron chi connectivity index (χ0n) is 21.3. The van der Waals surface area contributed by atoms with Gasteiger partial charge >= 0.3 is 5.97 Å². The maximum atomic E-state index is 12.8. The number of carbonyl (C=O) groups excluding carboxylic acids is 2. The Kier molecular flexibility index (Phi) is 12.2. The second-order valence-electron chi connectivity index (χ2n) is 8.41. The number of hydrogen-bond acceptors (Lipinski definition) is 5. The molecule has 0 spiro atoms. The van der Waals surface area contributed by atoms with Crippen molar-refractivity contribution in [1.82, 2.24) is 0 Å². The normalized spacial score (nSPS) is 10.9. The van der Waals surface area contributed by atoms with E-state index in [4.69, 9.17) is 14.2 Å². The maximum absolute atomic E-state index is 12.8. The Labute approximate surface area is 209 Å². The van der Waals surface area contributed by atoms with Gasteiger partial charge in [0.2, 0.25) is 0 Å². The van der Waals surface area contributed by atoms with Crippen LogP contribution in [0, 0.1) is 0 Å². The van der Waals surface area contributed by atoms with Gasteiger partial charge in [0.1, 0.15) is 18.1 Å². The summed E-state index contributed by atoms with van der Waals surface area (Å²) in [6.45, 7) is 9.30. The van der Waals surface area contributed by atoms with E-state index in [1.807, 2.05) is 12.1 Å². The summed E-state index contributed by atoms with van der Waals surface area (Å²) in [7, 11) is 0. The van der Waals surface area contributed by atoms with Crippen LogP contribution in [0.15, 0.2) is 71.8 Å². The first kappa shape index (κ1) is 27.7. The predicted molar refractivity (Wildman–Crippen MR) is 140 cm³/mol. The van der Waals surface area contributed by atoms with Crippen LogP contribution in [-0.2, 0) is 9.53 Å². The lowest BCUT2D eigenvalue weighted by Crippen LogP contribution is -2.14. The average Bonchev–Trinajstić information content (AvgIpc) is 2.83. The molecule has 0 radical (unpaired) electrons. The summed E-state index contributed by atoms with van der Waals surface area (Å²) in [6, 6.07) is 14.3. The number of esters is 1. The lowest BCUT2D eigenvalue weighted by molar-refractivity contribution is -0.143. The molecule has 0 aliphatic rings. The van der Waals surface area contributed by atoms with Gasteiger partial charge in [-0.25, -0.2) is 0 Å². The van der Waals surface area contributed by atoms with E-state index in [0.29, 0.717) is 43.2 Å². The van der Waals surface area contributed by atoms with Gasteiger partial charge in [0.25, 0.3) is 5.91 Å². The SMILES string of the molecule is CCOC(=O)CCCOc1ccccc1C(=O)Nc1ccc(OCC=C(C)CCC=C(C)C)cc1. The van der Waals surface area contributed by atoms with Gasteiger partial charge in [-0.2, -0.15) is 0 Å². The number of allylic oxidation sites excluding steroid dienone is 3. The highest BCUT2D eigenvalue weighted by atomic mass is 16.5. The third-order valence-electron chi connectivity index (χ3n) is 5.11. The van der Waals surface area contributed by atoms with E-state index in [2.05, 4.69) is 38.2 Å². The number of nitrogens with one attached hydrogen (secondary N) is 1. The van der Waals surface area contributed by atoms with Gasteiger partial charge in [0.15, 0.2) is 0 Å². The predicted octanol–water partition coefficient (Wildman–Crippen LogP) is 6.73. The summed E-state index contributed by atoms with van der Waals surface area (Å²) in [4.78, 5) is 24.3. The number of benzene rings is 2. The van der Waals surface area contributed by atoms with E-state index < -0.39 is 0 Å². The zero-order chi connectivity index (χ0) is 25.5. The van der Waals surface area contributed by atoms with Crippen molar-refractivity contribution >= 4 is 17.6 Å². The van der Waals surface area contributed by atoms with E-state index in [-0.39, 0.29) is 18.3 Å². The third kappa shape index (κ3) is 11.0. The molecule has 0 aromatic heterocycles. The lowest BCUT2D eigenvalue weighted by atomic mass is 10.1. The highest BCUT2D eigenvalue weighted by molar-refractivity contribution is 6.06. The van der Waals surface area contributed by atoms with Gasteiger partial charge in [-0.3, -0.25) is 9.59 Å². The number of hydrogen-bond donors (Lipinski definition) is 1. The van der Waals surface area contributed by atoms with Crippen LogP contribution in [0.4, 0.5) is 5.69 Å². The Morgan fingerprint density at radius 2 is 1.66 bits per heavy atom. The molecule has 0 fully saturated rings. The molecule has 0 aliphatic heterocycles. The van der Waals surface area contributed by atoms with Gasteiger partial charge < -0.3 is 19.5 Å². The minimum Gasteiger partial charge on any atom is -0.493 e. The molecule has 0 heterocycles. The van der Waals surface area contributed by atoms with Crippen molar-refractivity contribution in [1.29, 1.82) is 0 Å². The number of carbonyl (C=O) groups is 2. The Hall–Kier alpha value is -3.54. The minimum absolute atomic E-state index is 0.250. The van der Waals surface area contributed by atoms with Crippen molar-refractivity contribution < 1.29 is 23.8 Å². The van der Waals surface area contributed by atoms with Crippen LogP contribution in [0.5, 0.6) is 11.5 Å². The molecule has 35 heavy (non-hydrogen) atoms. The molecular weight excluding hydrogens is 442 g/mol. The van der Waals surface area contributed by atoms with E-state index in [1.54, 1.807) is 43.3 Å². The second kappa shape index (κ2) is 15.4. The number of anilines is 1. The summed E-state index contributed by atoms with van der Waals surface area (Å²) in [5.74, 6) is 0.692. The fraction of sp³-hybridized carbons (Fsp3) is 0.379. The molecule has 188 valence electrons. The Bertz CT molecular complexity index is 1000. The quantitative estimate of drug-likeness (QED) is 0.185. The molecule has 6 nitrogen and oxygen atoms in total. The fourth-order valence-corrected chi connectivity index (χ4v) is 3.22. The average molecular weight is 480 g/mol. The van der Waals surface area contributed by atoms with Crippen molar-refractivity contribution in [3.8, 4) is 11.5 Å². The van der Waals surface area contributed by atoms with Crippen molar-refractivity contribution in [2.24, 2.45) is 0 Å². The first-order valence-corrected chi connectivity index (χ1v) is 12.1. The van der Waals surface area contributed by atoms with Crippen molar-refractivity contribution in [3.05, 3.63) is 77.4 Å². The largest absolute Gasteiger partial charge is 0.493 e. The van der Waals surface area contributed by atoms with E-state index in [1.165, 1.54) is 11.1 Å². The monoisotopic (exact) mass is 479 g/mol. The first-order valence-electron chi connectivity index (χ1n) is 12.1. The third-order valence-corrected chi connectivity index (χ3v) is 5.11. The molecule has 2 aromatic carbocycles. The van der Waals surface area contributed by atoms with Crippen LogP contribution >= 0.6 is 0 Å². The van der Waals surface area contributed by atoms with Crippen molar-refractivity contribution in [3.63, 3.8) is 0 Å². The zero-order valence-corrected chi connectivity index (χ0v) is 21.3.